The van der Waals surface area contributed by atoms with E-state index >= 15 is 22.0 Å². The van der Waals surface area contributed by atoms with Gasteiger partial charge in [0, 0.05) is 22.8 Å². The summed E-state index contributed by atoms with van der Waals surface area (Å²) in [5.41, 5.74) is -3.32. The van der Waals surface area contributed by atoms with E-state index in [2.05, 4.69) is 24.5 Å². The molecule has 0 saturated carbocycles. The van der Waals surface area contributed by atoms with Crippen molar-refractivity contribution in [3.63, 3.8) is 0 Å². The van der Waals surface area contributed by atoms with Crippen LogP contribution in [0.5, 0.6) is 5.75 Å². The minimum absolute atomic E-state index is 0.0995. The SMILES string of the molecule is C#C.CCCCC(C)Cc1ccc(-c2cc(F)c(C/C=C(F)\C(=C(/C)F)C(F)(F)Oc3ccc(-c4cc(F)c(F)c(F)c4)c(F)c3)c(F)c2)c(F)c1. The van der Waals surface area contributed by atoms with Crippen molar-refractivity contribution < 1.29 is 53.0 Å². The average Bonchev–Trinajstić information content (AvgIpc) is 3.06. The molecule has 0 saturated heterocycles. The summed E-state index contributed by atoms with van der Waals surface area (Å²) in [7, 11) is 0. The molecule has 1 atom stereocenters. The van der Waals surface area contributed by atoms with Gasteiger partial charge >= 0.3 is 6.11 Å². The number of hydrogen-bond donors (Lipinski definition) is 0. The van der Waals surface area contributed by atoms with Crippen molar-refractivity contribution in [3.05, 3.63) is 136 Å². The first-order valence-electron chi connectivity index (χ1n) is 15.9. The molecule has 12 heteroatoms. The Labute approximate surface area is 294 Å². The Bertz CT molecular complexity index is 1930. The maximum atomic E-state index is 15.1. The maximum absolute atomic E-state index is 15.1. The first-order valence-corrected chi connectivity index (χ1v) is 15.9. The highest BCUT2D eigenvalue weighted by molar-refractivity contribution is 5.66. The predicted molar refractivity (Wildman–Crippen MR) is 178 cm³/mol. The zero-order chi connectivity index (χ0) is 38.9. The van der Waals surface area contributed by atoms with E-state index in [4.69, 9.17) is 0 Å². The third kappa shape index (κ3) is 10.0. The highest BCUT2D eigenvalue weighted by Crippen LogP contribution is 2.38. The third-order valence-corrected chi connectivity index (χ3v) is 7.96. The molecule has 0 N–H and O–H groups in total. The van der Waals surface area contributed by atoms with Crippen LogP contribution in [0.3, 0.4) is 0 Å². The van der Waals surface area contributed by atoms with Crippen molar-refractivity contribution in [3.8, 4) is 40.9 Å². The van der Waals surface area contributed by atoms with Gasteiger partial charge in [-0.3, -0.25) is 0 Å². The first kappa shape index (κ1) is 41.4. The molecule has 1 nitrogen and oxygen atoms in total. The van der Waals surface area contributed by atoms with Crippen LogP contribution in [-0.4, -0.2) is 6.11 Å². The van der Waals surface area contributed by atoms with E-state index in [1.807, 2.05) is 6.92 Å². The van der Waals surface area contributed by atoms with Crippen molar-refractivity contribution in [2.24, 2.45) is 5.92 Å². The second-order valence-corrected chi connectivity index (χ2v) is 11.9. The quantitative estimate of drug-likeness (QED) is 0.0574. The molecule has 0 heterocycles. The molecule has 276 valence electrons. The molecule has 0 bridgehead atoms. The van der Waals surface area contributed by atoms with Crippen LogP contribution in [0, 0.1) is 59.5 Å². The largest absolute Gasteiger partial charge is 0.432 e. The molecule has 0 spiro atoms. The monoisotopic (exact) mass is 738 g/mol. The third-order valence-electron chi connectivity index (χ3n) is 7.96. The van der Waals surface area contributed by atoms with Crippen LogP contribution in [-0.2, 0) is 12.8 Å². The normalized spacial score (nSPS) is 12.9. The van der Waals surface area contributed by atoms with Gasteiger partial charge in [0.15, 0.2) is 17.5 Å². The Morgan fingerprint density at radius 1 is 0.750 bits per heavy atom. The molecule has 0 fully saturated rings. The van der Waals surface area contributed by atoms with E-state index in [0.29, 0.717) is 49.1 Å². The van der Waals surface area contributed by atoms with Gasteiger partial charge in [-0.25, -0.2) is 39.5 Å². The second kappa shape index (κ2) is 17.9. The van der Waals surface area contributed by atoms with Crippen molar-refractivity contribution >= 4 is 0 Å². The Kier molecular flexibility index (Phi) is 14.3. The highest BCUT2D eigenvalue weighted by atomic mass is 19.3. The van der Waals surface area contributed by atoms with E-state index < -0.39 is 92.9 Å². The van der Waals surface area contributed by atoms with Gasteiger partial charge in [-0.1, -0.05) is 45.2 Å². The number of allylic oxidation sites excluding steroid dienone is 2. The maximum Gasteiger partial charge on any atom is 0.432 e. The van der Waals surface area contributed by atoms with Gasteiger partial charge in [0.05, 0.1) is 0 Å². The van der Waals surface area contributed by atoms with Crippen molar-refractivity contribution in [2.45, 2.75) is 59.0 Å². The molecule has 0 aliphatic rings. The zero-order valence-electron chi connectivity index (χ0n) is 28.2. The van der Waals surface area contributed by atoms with Gasteiger partial charge < -0.3 is 4.74 Å². The minimum Gasteiger partial charge on any atom is -0.429 e. The average molecular weight is 739 g/mol. The van der Waals surface area contributed by atoms with Crippen LogP contribution < -0.4 is 4.74 Å². The summed E-state index contributed by atoms with van der Waals surface area (Å²) in [6.45, 7) is 4.57. The fourth-order valence-corrected chi connectivity index (χ4v) is 5.43. The Hall–Kier alpha value is -5.05. The number of hydrogen-bond acceptors (Lipinski definition) is 1. The summed E-state index contributed by atoms with van der Waals surface area (Å²) < 4.78 is 164. The van der Waals surface area contributed by atoms with Crippen LogP contribution >= 0.6 is 0 Å². The number of rotatable bonds is 13. The standard InChI is InChI=1S/C38H31F11O.C2H2/c1-4-5-6-20(2)13-22-7-9-26(30(41)14-22)23-15-31(42)28(32(43)16-23)11-12-29(40)36(21(3)39)38(48,49)50-25-8-10-27(33(44)19-25)24-17-34(45)37(47)35(46)18-24;1-2/h7-10,12,14-20H,4-6,11,13H2,1-3H3;1-2H/b29-12+,36-21-;. The molecule has 1 unspecified atom stereocenters. The highest BCUT2D eigenvalue weighted by Gasteiger charge is 2.42. The molecule has 0 aliphatic heterocycles. The number of halogens is 11. The van der Waals surface area contributed by atoms with E-state index in [0.717, 1.165) is 37.5 Å². The predicted octanol–water partition coefficient (Wildman–Crippen LogP) is 12.9. The molecule has 4 rings (SSSR count). The van der Waals surface area contributed by atoms with Crippen molar-refractivity contribution in [1.29, 1.82) is 0 Å². The van der Waals surface area contributed by atoms with E-state index in [1.165, 1.54) is 12.1 Å². The molecule has 0 radical (unpaired) electrons. The molecular weight excluding hydrogens is 705 g/mol. The van der Waals surface area contributed by atoms with E-state index in [-0.39, 0.29) is 17.2 Å². The fourth-order valence-electron chi connectivity index (χ4n) is 5.43. The topological polar surface area (TPSA) is 9.23 Å². The van der Waals surface area contributed by atoms with Crippen LogP contribution in [0.25, 0.3) is 22.3 Å². The lowest BCUT2D eigenvalue weighted by Crippen LogP contribution is -2.29. The number of alkyl halides is 2. The van der Waals surface area contributed by atoms with Gasteiger partial charge in [-0.05, 0) is 90.9 Å². The number of benzene rings is 4. The van der Waals surface area contributed by atoms with Crippen LogP contribution in [0.15, 0.2) is 84.0 Å². The summed E-state index contributed by atoms with van der Waals surface area (Å²) in [4.78, 5) is 0. The Morgan fingerprint density at radius 3 is 1.77 bits per heavy atom. The second-order valence-electron chi connectivity index (χ2n) is 11.9. The zero-order valence-corrected chi connectivity index (χ0v) is 28.2. The summed E-state index contributed by atoms with van der Waals surface area (Å²) in [6, 6.07) is 8.64. The lowest BCUT2D eigenvalue weighted by molar-refractivity contribution is -0.143. The number of unbranched alkanes of at least 4 members (excludes halogenated alkanes) is 1. The van der Waals surface area contributed by atoms with E-state index in [9.17, 15) is 26.3 Å². The fraction of sp³-hybridized carbons (Fsp3) is 0.250. The summed E-state index contributed by atoms with van der Waals surface area (Å²) in [6.07, 6.45) is 6.13. The number of terminal acetylenes is 1. The molecule has 0 aliphatic carbocycles. The minimum atomic E-state index is -4.81. The van der Waals surface area contributed by atoms with Gasteiger partial charge in [-0.2, -0.15) is 8.78 Å². The summed E-state index contributed by atoms with van der Waals surface area (Å²) in [5.74, 6) is -14.1. The van der Waals surface area contributed by atoms with Crippen LogP contribution in [0.2, 0.25) is 0 Å². The van der Waals surface area contributed by atoms with Gasteiger partial charge in [0.25, 0.3) is 0 Å². The lowest BCUT2D eigenvalue weighted by atomic mass is 9.94. The Morgan fingerprint density at radius 2 is 1.27 bits per heavy atom. The Balaban J connectivity index is 0.00000358. The van der Waals surface area contributed by atoms with Crippen LogP contribution in [0.1, 0.15) is 51.2 Å². The molecule has 4 aromatic carbocycles. The first-order chi connectivity index (χ1) is 24.5. The summed E-state index contributed by atoms with van der Waals surface area (Å²) >= 11 is 0. The van der Waals surface area contributed by atoms with Gasteiger partial charge in [-0.15, -0.1) is 12.8 Å². The lowest BCUT2D eigenvalue weighted by Gasteiger charge is -2.21. The molecule has 0 amide bonds. The molecule has 0 aromatic heterocycles. The molecule has 4 aromatic rings. The smallest absolute Gasteiger partial charge is 0.429 e. The van der Waals surface area contributed by atoms with Gasteiger partial charge in [0.2, 0.25) is 0 Å². The molecule has 52 heavy (non-hydrogen) atoms. The number of ether oxygens (including phenoxy) is 1. The van der Waals surface area contributed by atoms with Crippen LogP contribution in [0.4, 0.5) is 48.3 Å². The van der Waals surface area contributed by atoms with Crippen molar-refractivity contribution in [1.82, 2.24) is 0 Å². The van der Waals surface area contributed by atoms with Gasteiger partial charge in [0.1, 0.15) is 46.2 Å². The summed E-state index contributed by atoms with van der Waals surface area (Å²) in [5, 5.41) is 0. The van der Waals surface area contributed by atoms with E-state index in [1.54, 1.807) is 6.07 Å². The van der Waals surface area contributed by atoms with Crippen molar-refractivity contribution in [2.75, 3.05) is 0 Å². The molecular formula is C40H33F11O.